The predicted molar refractivity (Wildman–Crippen MR) is 140 cm³/mol. The smallest absolute Gasteiger partial charge is 0.290 e. The highest BCUT2D eigenvalue weighted by molar-refractivity contribution is 7.82. The van der Waals surface area contributed by atoms with Crippen molar-refractivity contribution in [2.75, 3.05) is 6.61 Å². The number of hydrogen-bond donors (Lipinski definition) is 6. The highest BCUT2D eigenvalue weighted by Gasteiger charge is 2.49. The normalized spacial score (nSPS) is 17.5. The summed E-state index contributed by atoms with van der Waals surface area (Å²) in [6.45, 7) is -2.06. The lowest BCUT2D eigenvalue weighted by atomic mass is 10.0. The fourth-order valence-electron chi connectivity index (χ4n) is 3.41. The van der Waals surface area contributed by atoms with E-state index in [1.807, 2.05) is 0 Å². The SMILES string of the molecule is [2H]OS(=O)(=O)OC[C@@H](OS(=O)(=O)O[2H])[C@@H](OS(=O)(=O)O[2H])[C@H](OS(=O)(=O)O[2H])[C@@H](OS(=O)(=O)O[2H])C(=O)NC(=O)c1cccc2ccccc12. The van der Waals surface area contributed by atoms with E-state index in [1.165, 1.54) is 35.6 Å². The van der Waals surface area contributed by atoms with Crippen molar-refractivity contribution in [1.29, 1.82) is 7.16 Å². The largest absolute Gasteiger partial charge is 0.398 e. The van der Waals surface area contributed by atoms with E-state index in [1.54, 1.807) is 6.07 Å². The molecule has 0 aliphatic heterocycles. The molecular weight excluding hydrogens is 731 g/mol. The van der Waals surface area contributed by atoms with Gasteiger partial charge in [0.15, 0.2) is 6.10 Å². The molecule has 45 heavy (non-hydrogen) atoms. The molecule has 2 aromatic rings. The Morgan fingerprint density at radius 3 is 1.78 bits per heavy atom. The molecule has 0 saturated heterocycles. The number of fused-ring (bicyclic) bond motifs is 1. The quantitative estimate of drug-likeness (QED) is 0.0727. The first-order valence-corrected chi connectivity index (χ1v) is 17.4. The van der Waals surface area contributed by atoms with Crippen LogP contribution in [0.25, 0.3) is 17.9 Å². The molecule has 0 aliphatic rings. The van der Waals surface area contributed by atoms with E-state index in [9.17, 15) is 51.7 Å². The van der Waals surface area contributed by atoms with Crippen LogP contribution < -0.4 is 5.32 Å². The molecule has 2 rings (SSSR count). The second-order valence-corrected chi connectivity index (χ2v) is 13.0. The van der Waals surface area contributed by atoms with E-state index < -0.39 is 94.8 Å². The van der Waals surface area contributed by atoms with Gasteiger partial charge in [0, 0.05) is 5.56 Å². The lowest BCUT2D eigenvalue weighted by Crippen LogP contribution is -2.57. The fourth-order valence-corrected chi connectivity index (χ4v) is 5.61. The lowest BCUT2D eigenvalue weighted by Gasteiger charge is -2.32. The summed E-state index contributed by atoms with van der Waals surface area (Å²) in [6.07, 6.45) is -13.8. The molecule has 0 aliphatic carbocycles. The third-order valence-electron chi connectivity index (χ3n) is 4.82. The Kier molecular flexibility index (Phi) is 9.80. The molecule has 28 heteroatoms. The molecular formula is C17H19NO22S5. The van der Waals surface area contributed by atoms with Crippen molar-refractivity contribution in [2.24, 2.45) is 0 Å². The molecule has 6 N–H and O–H groups in total. The molecule has 0 aromatic heterocycles. The Bertz CT molecular complexity index is 2080. The van der Waals surface area contributed by atoms with E-state index in [2.05, 4.69) is 43.7 Å². The van der Waals surface area contributed by atoms with Crippen LogP contribution in [-0.2, 0) is 77.7 Å². The van der Waals surface area contributed by atoms with Gasteiger partial charge in [-0.05, 0) is 16.8 Å². The van der Waals surface area contributed by atoms with Crippen molar-refractivity contribution >= 4 is 74.6 Å². The first kappa shape index (κ1) is 30.8. The molecule has 4 atom stereocenters. The molecule has 0 fully saturated rings. The number of carbonyl (C=O) groups is 2. The van der Waals surface area contributed by atoms with Gasteiger partial charge in [0.2, 0.25) is 7.16 Å². The molecule has 23 nitrogen and oxygen atoms in total. The van der Waals surface area contributed by atoms with Gasteiger partial charge in [-0.15, -0.1) is 0 Å². The van der Waals surface area contributed by atoms with Crippen molar-refractivity contribution in [3.63, 3.8) is 0 Å². The van der Waals surface area contributed by atoms with Crippen LogP contribution >= 0.6 is 0 Å². The molecule has 0 unspecified atom stereocenters. The maximum absolute atomic E-state index is 13.5. The maximum atomic E-state index is 13.5. The van der Waals surface area contributed by atoms with Gasteiger partial charge in [-0.1, -0.05) is 36.4 Å². The molecule has 0 radical (unpaired) electrons. The maximum Gasteiger partial charge on any atom is 0.398 e. The third-order valence-corrected chi connectivity index (χ3v) is 7.08. The summed E-state index contributed by atoms with van der Waals surface area (Å²) in [7, 11) is -29.3. The summed E-state index contributed by atoms with van der Waals surface area (Å²) in [6, 6.07) is 9.79. The number of amides is 2. The van der Waals surface area contributed by atoms with E-state index in [4.69, 9.17) is 7.16 Å². The van der Waals surface area contributed by atoms with Crippen molar-refractivity contribution < 1.29 is 95.4 Å². The van der Waals surface area contributed by atoms with Crippen molar-refractivity contribution in [3.05, 3.63) is 48.0 Å². The van der Waals surface area contributed by atoms with Crippen LogP contribution in [0, 0.1) is 0 Å². The molecule has 0 bridgehead atoms. The topological polar surface area (TPSA) is 364 Å². The summed E-state index contributed by atoms with van der Waals surface area (Å²) in [5, 5.41) is 2.04. The Morgan fingerprint density at radius 2 is 1.18 bits per heavy atom. The van der Waals surface area contributed by atoms with E-state index >= 15 is 0 Å². The monoisotopic (exact) mass is 754 g/mol. The Labute approximate surface area is 261 Å². The van der Waals surface area contributed by atoms with Gasteiger partial charge in [-0.25, -0.2) is 20.9 Å². The second kappa shape index (κ2) is 14.3. The summed E-state index contributed by atoms with van der Waals surface area (Å²) in [4.78, 5) is 26.7. The highest BCUT2D eigenvalue weighted by Crippen LogP contribution is 2.25. The van der Waals surface area contributed by atoms with Gasteiger partial charge in [0.25, 0.3) is 11.8 Å². The Balaban J connectivity index is 2.91. The fraction of sp³-hybridized carbons (Fsp3) is 0.294. The first-order valence-electron chi connectivity index (χ1n) is 12.8. The van der Waals surface area contributed by atoms with Crippen LogP contribution in [0.2, 0.25) is 0 Å². The van der Waals surface area contributed by atoms with Gasteiger partial charge < -0.3 is 0 Å². The first-order chi connectivity index (χ1) is 23.0. The van der Waals surface area contributed by atoms with Crippen LogP contribution in [-0.4, -0.2) is 108 Å². The molecule has 2 amide bonds. The minimum Gasteiger partial charge on any atom is -0.290 e. The van der Waals surface area contributed by atoms with Gasteiger partial charge in [0.1, 0.15) is 18.3 Å². The summed E-state index contributed by atoms with van der Waals surface area (Å²) >= 11 is 0. The summed E-state index contributed by atoms with van der Waals surface area (Å²) in [5.74, 6) is -3.64. The number of imide groups is 1. The molecule has 2 aromatic carbocycles. The second-order valence-electron chi connectivity index (χ2n) is 7.94. The van der Waals surface area contributed by atoms with Crippen LogP contribution in [0.5, 0.6) is 0 Å². The van der Waals surface area contributed by atoms with E-state index in [-0.39, 0.29) is 10.9 Å². The zero-order chi connectivity index (χ0) is 38.1. The van der Waals surface area contributed by atoms with Gasteiger partial charge in [0.05, 0.1) is 6.61 Å². The van der Waals surface area contributed by atoms with Gasteiger partial charge in [-0.2, -0.15) is 42.1 Å². The van der Waals surface area contributed by atoms with Crippen LogP contribution in [0.15, 0.2) is 42.5 Å². The number of carbonyl (C=O) groups excluding carboxylic acids is 2. The number of nitrogens with one attached hydrogen (secondary N) is 1. The number of hydrogen-bond acceptors (Lipinski definition) is 22. The van der Waals surface area contributed by atoms with Gasteiger partial charge in [-0.3, -0.25) is 37.7 Å². The average Bonchev–Trinajstić information content (AvgIpc) is 3.06. The molecule has 0 spiro atoms. The minimum atomic E-state index is -6.02. The van der Waals surface area contributed by atoms with Crippen molar-refractivity contribution in [1.82, 2.24) is 5.32 Å². The van der Waals surface area contributed by atoms with Crippen molar-refractivity contribution in [3.8, 4) is 0 Å². The zero-order valence-corrected chi connectivity index (χ0v) is 25.2. The highest BCUT2D eigenvalue weighted by atomic mass is 32.3. The number of rotatable bonds is 21. The van der Waals surface area contributed by atoms with Crippen LogP contribution in [0.4, 0.5) is 0 Å². The summed E-state index contributed by atoms with van der Waals surface area (Å²) < 4.78 is 191. The minimum absolute atomic E-state index is 0.141. The Hall–Kier alpha value is -2.81. The third kappa shape index (κ3) is 13.6. The zero-order valence-electron chi connectivity index (χ0n) is 26.1. The van der Waals surface area contributed by atoms with E-state index in [0.717, 1.165) is 6.07 Å². The standard InChI is InChI=1S/C17H19NO22S5/c19-16(11-7-3-5-9-4-1-2-6-10(9)11)18-17(20)15(40-45(33,34)35)14(39-44(30,31)32)13(38-43(27,28)29)12(37-42(24,25)26)8-36-41(21,22)23/h1-7,12-15H,8H2,(H,18,19,20)(H,21,22,23)(H,24,25,26)(H,27,28,29)(H,30,31,32)(H,33,34,35)/t12-,13-,14+,15-/m1/s1/i/hD5. The molecule has 254 valence electrons. The lowest BCUT2D eigenvalue weighted by molar-refractivity contribution is -0.138. The average molecular weight is 755 g/mol. The Morgan fingerprint density at radius 1 is 0.667 bits per heavy atom. The van der Waals surface area contributed by atoms with Crippen molar-refractivity contribution in [2.45, 2.75) is 24.4 Å². The molecule has 0 saturated carbocycles. The van der Waals surface area contributed by atoms with E-state index in [0.29, 0.717) is 5.39 Å². The van der Waals surface area contributed by atoms with Crippen LogP contribution in [0.1, 0.15) is 10.4 Å². The summed E-state index contributed by atoms with van der Waals surface area (Å²) in [5.41, 5.74) is -0.346. The number of benzene rings is 2. The van der Waals surface area contributed by atoms with Gasteiger partial charge >= 0.3 is 52.0 Å². The van der Waals surface area contributed by atoms with Crippen LogP contribution in [0.3, 0.4) is 0 Å². The molecule has 0 heterocycles. The predicted octanol–water partition coefficient (Wildman–Crippen LogP) is -2.33.